The molecule has 0 bridgehead atoms. The first-order valence-electron chi connectivity index (χ1n) is 12.0. The molecule has 5 rings (SSSR count). The third-order valence-electron chi connectivity index (χ3n) is 6.49. The minimum Gasteiger partial charge on any atom is -0.338 e. The van der Waals surface area contributed by atoms with E-state index in [1.165, 1.54) is 18.6 Å². The van der Waals surface area contributed by atoms with E-state index < -0.39 is 0 Å². The lowest BCUT2D eigenvalue weighted by Crippen LogP contribution is -2.42. The van der Waals surface area contributed by atoms with E-state index in [0.29, 0.717) is 18.4 Å². The van der Waals surface area contributed by atoms with Gasteiger partial charge in [0.15, 0.2) is 5.16 Å². The molecular weight excluding hydrogens is 459 g/mol. The molecule has 2 atom stereocenters. The second-order valence-corrected chi connectivity index (χ2v) is 10.6. The Morgan fingerprint density at radius 1 is 1.00 bits per heavy atom. The molecule has 1 saturated heterocycles. The molecule has 35 heavy (non-hydrogen) atoms. The van der Waals surface area contributed by atoms with Gasteiger partial charge in [0.1, 0.15) is 5.82 Å². The van der Waals surface area contributed by atoms with Crippen LogP contribution in [0.2, 0.25) is 0 Å². The Bertz CT molecular complexity index is 1310. The van der Waals surface area contributed by atoms with Gasteiger partial charge in [-0.2, -0.15) is 0 Å². The Hall–Kier alpha value is -3.19. The highest BCUT2D eigenvalue weighted by molar-refractivity contribution is 7.98. The highest BCUT2D eigenvalue weighted by Crippen LogP contribution is 2.28. The van der Waals surface area contributed by atoms with Gasteiger partial charge < -0.3 is 9.47 Å². The van der Waals surface area contributed by atoms with Crippen LogP contribution in [-0.4, -0.2) is 38.4 Å². The number of pyridine rings is 1. The van der Waals surface area contributed by atoms with Crippen molar-refractivity contribution < 1.29 is 9.18 Å². The molecule has 1 aliphatic rings. The van der Waals surface area contributed by atoms with Crippen LogP contribution in [0.4, 0.5) is 4.39 Å². The van der Waals surface area contributed by atoms with E-state index in [1.807, 2.05) is 41.4 Å². The van der Waals surface area contributed by atoms with Gasteiger partial charge >= 0.3 is 0 Å². The number of nitrogens with zero attached hydrogens (tertiary/aromatic N) is 4. The average Bonchev–Trinajstić information content (AvgIpc) is 3.20. The summed E-state index contributed by atoms with van der Waals surface area (Å²) in [5.74, 6) is 1.69. The number of benzene rings is 2. The molecule has 0 N–H and O–H groups in total. The minimum absolute atomic E-state index is 0.121. The van der Waals surface area contributed by atoms with Crippen LogP contribution in [0.15, 0.2) is 72.1 Å². The molecule has 2 aromatic carbocycles. The van der Waals surface area contributed by atoms with E-state index in [-0.39, 0.29) is 11.7 Å². The fraction of sp³-hybridized carbons (Fsp3) is 0.321. The first-order valence-corrected chi connectivity index (χ1v) is 13.0. The van der Waals surface area contributed by atoms with Crippen LogP contribution in [0, 0.1) is 17.7 Å². The summed E-state index contributed by atoms with van der Waals surface area (Å²) in [6, 6.07) is 16.4. The van der Waals surface area contributed by atoms with Crippen molar-refractivity contribution in [3.8, 4) is 0 Å². The molecule has 0 saturated carbocycles. The quantitative estimate of drug-likeness (QED) is 0.311. The zero-order valence-electron chi connectivity index (χ0n) is 20.0. The number of aromatic nitrogens is 3. The topological polar surface area (TPSA) is 51.0 Å². The Kier molecular flexibility index (Phi) is 6.86. The van der Waals surface area contributed by atoms with Crippen molar-refractivity contribution in [1.82, 2.24) is 19.4 Å². The lowest BCUT2D eigenvalue weighted by atomic mass is 9.91. The number of amides is 1. The number of rotatable bonds is 6. The van der Waals surface area contributed by atoms with Crippen LogP contribution in [0.1, 0.15) is 41.8 Å². The van der Waals surface area contributed by atoms with E-state index in [2.05, 4.69) is 23.4 Å². The number of likely N-dealkylation sites (tertiary alicyclic amines) is 1. The molecule has 0 spiro atoms. The third kappa shape index (κ3) is 5.40. The summed E-state index contributed by atoms with van der Waals surface area (Å²) >= 11 is 1.65. The van der Waals surface area contributed by atoms with Gasteiger partial charge in [0.05, 0.1) is 23.8 Å². The van der Waals surface area contributed by atoms with Gasteiger partial charge in [-0.25, -0.2) is 9.37 Å². The summed E-state index contributed by atoms with van der Waals surface area (Å²) in [6.45, 7) is 6.69. The maximum Gasteiger partial charge on any atom is 0.253 e. The normalized spacial score (nSPS) is 18.2. The first kappa shape index (κ1) is 23.5. The molecule has 4 aromatic rings. The van der Waals surface area contributed by atoms with Gasteiger partial charge in [-0.3, -0.25) is 9.78 Å². The number of halogens is 1. The number of imidazole rings is 1. The fourth-order valence-electron chi connectivity index (χ4n) is 4.89. The minimum atomic E-state index is -0.244. The smallest absolute Gasteiger partial charge is 0.253 e. The number of hydrogen-bond acceptors (Lipinski definition) is 4. The van der Waals surface area contributed by atoms with Crippen molar-refractivity contribution in [2.45, 2.75) is 37.7 Å². The third-order valence-corrected chi connectivity index (χ3v) is 7.54. The van der Waals surface area contributed by atoms with Crippen molar-refractivity contribution in [2.24, 2.45) is 11.8 Å². The molecule has 5 nitrogen and oxygen atoms in total. The van der Waals surface area contributed by atoms with Gasteiger partial charge in [-0.05, 0) is 59.7 Å². The molecule has 180 valence electrons. The Labute approximate surface area is 209 Å². The van der Waals surface area contributed by atoms with Crippen molar-refractivity contribution in [1.29, 1.82) is 0 Å². The predicted octanol–water partition coefficient (Wildman–Crippen LogP) is 6.03. The maximum atomic E-state index is 13.4. The van der Waals surface area contributed by atoms with Gasteiger partial charge in [0.25, 0.3) is 5.91 Å². The molecule has 0 radical (unpaired) electrons. The zero-order chi connectivity index (χ0) is 24.4. The Balaban J connectivity index is 1.30. The van der Waals surface area contributed by atoms with Crippen LogP contribution < -0.4 is 0 Å². The van der Waals surface area contributed by atoms with Gasteiger partial charge in [-0.15, -0.1) is 0 Å². The standard InChI is InChI=1S/C28H29FN4OS/c1-19-13-20(2)16-32(15-19)27(34)23-7-3-22(4-8-23)18-35-28-31-25-11-12-30-14-26(25)33(28)17-21-5-9-24(29)10-6-21/h3-12,14,19-20H,13,15-18H2,1-2H3/t19-,20+. The summed E-state index contributed by atoms with van der Waals surface area (Å²) in [7, 11) is 0. The molecule has 7 heteroatoms. The van der Waals surface area contributed by atoms with Crippen LogP contribution in [-0.2, 0) is 12.3 Å². The summed E-state index contributed by atoms with van der Waals surface area (Å²) in [6.07, 6.45) is 4.74. The van der Waals surface area contributed by atoms with Crippen molar-refractivity contribution >= 4 is 28.7 Å². The van der Waals surface area contributed by atoms with E-state index in [9.17, 15) is 9.18 Å². The Morgan fingerprint density at radius 2 is 1.69 bits per heavy atom. The number of carbonyl (C=O) groups excluding carboxylic acids is 1. The van der Waals surface area contributed by atoms with Crippen LogP contribution in [0.5, 0.6) is 0 Å². The van der Waals surface area contributed by atoms with Crippen LogP contribution in [0.25, 0.3) is 11.0 Å². The first-order chi connectivity index (χ1) is 17.0. The Morgan fingerprint density at radius 3 is 2.40 bits per heavy atom. The molecule has 2 aromatic heterocycles. The SMILES string of the molecule is C[C@@H]1C[C@H](C)CN(C(=O)c2ccc(CSc3nc4ccncc4n3Cc3ccc(F)cc3)cc2)C1. The van der Waals surface area contributed by atoms with Crippen molar-refractivity contribution in [3.63, 3.8) is 0 Å². The van der Waals surface area contributed by atoms with E-state index >= 15 is 0 Å². The number of hydrogen-bond donors (Lipinski definition) is 0. The number of piperidine rings is 1. The van der Waals surface area contributed by atoms with E-state index in [0.717, 1.165) is 51.7 Å². The van der Waals surface area contributed by atoms with Crippen LogP contribution in [0.3, 0.4) is 0 Å². The second-order valence-electron chi connectivity index (χ2n) is 9.61. The molecule has 0 unspecified atom stereocenters. The number of thioether (sulfide) groups is 1. The van der Waals surface area contributed by atoms with Gasteiger partial charge in [0.2, 0.25) is 0 Å². The largest absolute Gasteiger partial charge is 0.338 e. The van der Waals surface area contributed by atoms with Crippen molar-refractivity contribution in [2.75, 3.05) is 13.1 Å². The zero-order valence-corrected chi connectivity index (χ0v) is 20.8. The maximum absolute atomic E-state index is 13.4. The molecule has 1 aliphatic heterocycles. The summed E-state index contributed by atoms with van der Waals surface area (Å²) in [5, 5.41) is 0.883. The number of fused-ring (bicyclic) bond motifs is 1. The molecule has 0 aliphatic carbocycles. The van der Waals surface area contributed by atoms with E-state index in [4.69, 9.17) is 4.98 Å². The average molecular weight is 489 g/mol. The second kappa shape index (κ2) is 10.2. The molecule has 1 fully saturated rings. The van der Waals surface area contributed by atoms with Crippen LogP contribution >= 0.6 is 11.8 Å². The molecular formula is C28H29FN4OS. The summed E-state index contributed by atoms with van der Waals surface area (Å²) < 4.78 is 15.5. The van der Waals surface area contributed by atoms with Crippen molar-refractivity contribution in [3.05, 3.63) is 89.5 Å². The highest BCUT2D eigenvalue weighted by Gasteiger charge is 2.26. The summed E-state index contributed by atoms with van der Waals surface area (Å²) in [4.78, 5) is 24.1. The lowest BCUT2D eigenvalue weighted by molar-refractivity contribution is 0.0623. The fourth-order valence-corrected chi connectivity index (χ4v) is 5.86. The summed E-state index contributed by atoms with van der Waals surface area (Å²) in [5.41, 5.74) is 4.71. The van der Waals surface area contributed by atoms with Gasteiger partial charge in [-0.1, -0.05) is 49.9 Å². The molecule has 3 heterocycles. The monoisotopic (exact) mass is 488 g/mol. The van der Waals surface area contributed by atoms with E-state index in [1.54, 1.807) is 30.1 Å². The number of carbonyl (C=O) groups is 1. The van der Waals surface area contributed by atoms with Gasteiger partial charge in [0, 0.05) is 30.6 Å². The predicted molar refractivity (Wildman–Crippen MR) is 138 cm³/mol. The highest BCUT2D eigenvalue weighted by atomic mass is 32.2. The lowest BCUT2D eigenvalue weighted by Gasteiger charge is -2.35. The molecule has 1 amide bonds.